The second-order valence-electron chi connectivity index (χ2n) is 8.18. The Morgan fingerprint density at radius 3 is 2.64 bits per heavy atom. The van der Waals surface area contributed by atoms with Crippen LogP contribution in [0.25, 0.3) is 0 Å². The number of hydrogen-bond acceptors (Lipinski definition) is 7. The standard InChI is InChI=1S/C25H25ClFN7OS/c1-15(28)12-21(29)31-22-13-23(34-11-10-16(27)14-34)33-25(32-22)36-18-8-6-17(7-9-18)30-24(35)19-4-2-3-5-20(19)26/h2-9,12-13,16H,10-11,14,28H2,1H3,(H,30,35)(H2,29,31,32,33)/b15-12-/t16-/m0/s1. The Labute approximate surface area is 217 Å². The van der Waals surface area contributed by atoms with E-state index in [0.717, 1.165) is 4.90 Å². The molecule has 0 saturated carbocycles. The van der Waals surface area contributed by atoms with Crippen LogP contribution in [0.5, 0.6) is 0 Å². The van der Waals surface area contributed by atoms with Gasteiger partial charge < -0.3 is 21.7 Å². The number of aliphatic imine (C=N–C) groups is 1. The number of rotatable bonds is 7. The second-order valence-corrected chi connectivity index (χ2v) is 9.63. The minimum atomic E-state index is -0.899. The van der Waals surface area contributed by atoms with E-state index in [1.807, 2.05) is 17.0 Å². The molecular formula is C25H25ClFN7OS. The highest BCUT2D eigenvalue weighted by Crippen LogP contribution is 2.31. The Kier molecular flexibility index (Phi) is 8.07. The van der Waals surface area contributed by atoms with Crippen molar-refractivity contribution in [2.45, 2.75) is 29.6 Å². The maximum atomic E-state index is 13.8. The van der Waals surface area contributed by atoms with Gasteiger partial charge in [-0.3, -0.25) is 4.79 Å². The van der Waals surface area contributed by atoms with Gasteiger partial charge >= 0.3 is 0 Å². The molecule has 0 radical (unpaired) electrons. The molecule has 0 unspecified atom stereocenters. The highest BCUT2D eigenvalue weighted by molar-refractivity contribution is 7.99. The molecule has 2 aromatic carbocycles. The number of aromatic nitrogens is 2. The van der Waals surface area contributed by atoms with Gasteiger partial charge in [-0.2, -0.15) is 0 Å². The lowest BCUT2D eigenvalue weighted by molar-refractivity contribution is 0.102. The van der Waals surface area contributed by atoms with Gasteiger partial charge in [-0.1, -0.05) is 23.7 Å². The molecule has 2 heterocycles. The van der Waals surface area contributed by atoms with E-state index in [1.165, 1.54) is 17.8 Å². The number of halogens is 2. The van der Waals surface area contributed by atoms with Crippen molar-refractivity contribution in [3.05, 3.63) is 77.0 Å². The highest BCUT2D eigenvalue weighted by atomic mass is 35.5. The highest BCUT2D eigenvalue weighted by Gasteiger charge is 2.24. The van der Waals surface area contributed by atoms with Crippen molar-refractivity contribution in [3.8, 4) is 0 Å². The van der Waals surface area contributed by atoms with Gasteiger partial charge in [-0.25, -0.2) is 19.4 Å². The van der Waals surface area contributed by atoms with Crippen molar-refractivity contribution in [3.63, 3.8) is 0 Å². The van der Waals surface area contributed by atoms with Crippen LogP contribution in [-0.4, -0.2) is 41.0 Å². The van der Waals surface area contributed by atoms with Gasteiger partial charge in [-0.05, 0) is 67.6 Å². The van der Waals surface area contributed by atoms with Gasteiger partial charge in [0.15, 0.2) is 11.0 Å². The van der Waals surface area contributed by atoms with Crippen LogP contribution in [0.1, 0.15) is 23.7 Å². The number of amides is 1. The number of carbonyl (C=O) groups excluding carboxylic acids is 1. The Bertz CT molecular complexity index is 1310. The summed E-state index contributed by atoms with van der Waals surface area (Å²) in [6, 6.07) is 15.8. The Morgan fingerprint density at radius 2 is 1.97 bits per heavy atom. The van der Waals surface area contributed by atoms with Crippen LogP contribution < -0.4 is 21.7 Å². The Balaban J connectivity index is 1.54. The summed E-state index contributed by atoms with van der Waals surface area (Å²) in [6.07, 6.45) is 1.09. The van der Waals surface area contributed by atoms with Crippen LogP contribution in [0.4, 0.5) is 21.7 Å². The SMILES string of the molecule is C/C(N)=C/C(N)=N/c1cc(N2CC[C@H](F)C2)nc(Sc2ccc(NC(=O)c3ccccc3Cl)cc2)n1. The molecule has 1 atom stereocenters. The fourth-order valence-electron chi connectivity index (χ4n) is 3.54. The molecule has 36 heavy (non-hydrogen) atoms. The van der Waals surface area contributed by atoms with E-state index in [4.69, 9.17) is 23.1 Å². The number of alkyl halides is 1. The smallest absolute Gasteiger partial charge is 0.257 e. The van der Waals surface area contributed by atoms with Gasteiger partial charge in [0.2, 0.25) is 0 Å². The predicted octanol–water partition coefficient (Wildman–Crippen LogP) is 4.93. The molecule has 186 valence electrons. The van der Waals surface area contributed by atoms with Crippen LogP contribution in [0, 0.1) is 0 Å². The number of nitrogens with two attached hydrogens (primary N) is 2. The third-order valence-corrected chi connectivity index (χ3v) is 6.39. The molecule has 3 aromatic rings. The van der Waals surface area contributed by atoms with Crippen LogP contribution >= 0.6 is 23.4 Å². The lowest BCUT2D eigenvalue weighted by Gasteiger charge is -2.17. The molecule has 8 nitrogen and oxygen atoms in total. The van der Waals surface area contributed by atoms with E-state index < -0.39 is 6.17 Å². The van der Waals surface area contributed by atoms with Crippen molar-refractivity contribution in [1.29, 1.82) is 0 Å². The number of anilines is 2. The second kappa shape index (κ2) is 11.4. The predicted molar refractivity (Wildman–Crippen MR) is 143 cm³/mol. The zero-order valence-electron chi connectivity index (χ0n) is 19.5. The third-order valence-electron chi connectivity index (χ3n) is 5.19. The van der Waals surface area contributed by atoms with Gasteiger partial charge in [0, 0.05) is 28.9 Å². The molecule has 5 N–H and O–H groups in total. The van der Waals surface area contributed by atoms with E-state index in [9.17, 15) is 9.18 Å². The monoisotopic (exact) mass is 525 g/mol. The number of nitrogens with zero attached hydrogens (tertiary/aromatic N) is 4. The fraction of sp³-hybridized carbons (Fsp3) is 0.200. The number of benzene rings is 2. The molecule has 0 aliphatic carbocycles. The summed E-state index contributed by atoms with van der Waals surface area (Å²) in [7, 11) is 0. The molecule has 1 saturated heterocycles. The minimum absolute atomic E-state index is 0.207. The van der Waals surface area contributed by atoms with Crippen molar-refractivity contribution >= 4 is 52.4 Å². The first-order valence-corrected chi connectivity index (χ1v) is 12.4. The zero-order valence-corrected chi connectivity index (χ0v) is 21.1. The molecule has 11 heteroatoms. The zero-order chi connectivity index (χ0) is 25.7. The average Bonchev–Trinajstić information content (AvgIpc) is 3.26. The number of allylic oxidation sites excluding steroid dienone is 1. The largest absolute Gasteiger partial charge is 0.402 e. The van der Waals surface area contributed by atoms with E-state index in [0.29, 0.717) is 51.7 Å². The lowest BCUT2D eigenvalue weighted by Crippen LogP contribution is -2.21. The van der Waals surface area contributed by atoms with E-state index in [1.54, 1.807) is 49.4 Å². The van der Waals surface area contributed by atoms with Gasteiger partial charge in [0.1, 0.15) is 17.8 Å². The summed E-state index contributed by atoms with van der Waals surface area (Å²) in [5, 5.41) is 3.65. The Hall–Kier alpha value is -3.63. The van der Waals surface area contributed by atoms with E-state index >= 15 is 0 Å². The molecule has 0 spiro atoms. The fourth-order valence-corrected chi connectivity index (χ4v) is 4.53. The number of carbonyl (C=O) groups is 1. The van der Waals surface area contributed by atoms with Crippen LogP contribution in [-0.2, 0) is 0 Å². The minimum Gasteiger partial charge on any atom is -0.402 e. The van der Waals surface area contributed by atoms with Crippen LogP contribution in [0.15, 0.2) is 81.4 Å². The lowest BCUT2D eigenvalue weighted by atomic mass is 10.2. The Morgan fingerprint density at radius 1 is 1.22 bits per heavy atom. The molecule has 0 bridgehead atoms. The summed E-state index contributed by atoms with van der Waals surface area (Å²) in [5.41, 5.74) is 13.2. The van der Waals surface area contributed by atoms with Gasteiger partial charge in [0.05, 0.1) is 17.1 Å². The van der Waals surface area contributed by atoms with Gasteiger partial charge in [-0.15, -0.1) is 0 Å². The summed E-state index contributed by atoms with van der Waals surface area (Å²) < 4.78 is 13.8. The maximum absolute atomic E-state index is 13.8. The van der Waals surface area contributed by atoms with Crippen molar-refractivity contribution < 1.29 is 9.18 Å². The van der Waals surface area contributed by atoms with Crippen molar-refractivity contribution in [1.82, 2.24) is 9.97 Å². The molecule has 1 aromatic heterocycles. The van der Waals surface area contributed by atoms with Gasteiger partial charge in [0.25, 0.3) is 5.91 Å². The summed E-state index contributed by atoms with van der Waals surface area (Å²) >= 11 is 7.43. The number of hydrogen-bond donors (Lipinski definition) is 3. The van der Waals surface area contributed by atoms with Crippen molar-refractivity contribution in [2.24, 2.45) is 16.5 Å². The molecular weight excluding hydrogens is 501 g/mol. The first kappa shape index (κ1) is 25.5. The quantitative estimate of drug-likeness (QED) is 0.227. The first-order chi connectivity index (χ1) is 17.3. The number of nitrogens with one attached hydrogen (secondary N) is 1. The third kappa shape index (κ3) is 6.73. The normalized spacial score (nSPS) is 16.3. The average molecular weight is 526 g/mol. The molecule has 1 fully saturated rings. The first-order valence-electron chi connectivity index (χ1n) is 11.2. The van der Waals surface area contributed by atoms with Crippen LogP contribution in [0.2, 0.25) is 5.02 Å². The summed E-state index contributed by atoms with van der Waals surface area (Å²) in [4.78, 5) is 28.6. The summed E-state index contributed by atoms with van der Waals surface area (Å²) in [6.45, 7) is 2.53. The van der Waals surface area contributed by atoms with E-state index in [-0.39, 0.29) is 18.3 Å². The number of amidine groups is 1. The molecule has 4 rings (SSSR count). The topological polar surface area (TPSA) is 123 Å². The molecule has 1 aliphatic rings. The van der Waals surface area contributed by atoms with Crippen LogP contribution in [0.3, 0.4) is 0 Å². The maximum Gasteiger partial charge on any atom is 0.257 e. The van der Waals surface area contributed by atoms with E-state index in [2.05, 4.69) is 20.3 Å². The molecule has 1 aliphatic heterocycles. The van der Waals surface area contributed by atoms with Crippen molar-refractivity contribution in [2.75, 3.05) is 23.3 Å². The summed E-state index contributed by atoms with van der Waals surface area (Å²) in [5.74, 6) is 0.842. The molecule has 1 amide bonds.